The Kier molecular flexibility index (Phi) is 6.86. The van der Waals surface area contributed by atoms with Crippen LogP contribution < -0.4 is 10.2 Å². The highest BCUT2D eigenvalue weighted by molar-refractivity contribution is 5.75. The van der Waals surface area contributed by atoms with E-state index >= 15 is 0 Å². The molecule has 0 aromatic heterocycles. The van der Waals surface area contributed by atoms with Crippen molar-refractivity contribution in [2.75, 3.05) is 51.8 Å². The number of hydrogen-bond acceptors (Lipinski definition) is 4. The van der Waals surface area contributed by atoms with Crippen molar-refractivity contribution in [3.8, 4) is 0 Å². The van der Waals surface area contributed by atoms with Crippen LogP contribution in [0.5, 0.6) is 0 Å². The Morgan fingerprint density at radius 2 is 1.91 bits per heavy atom. The van der Waals surface area contributed by atoms with E-state index < -0.39 is 0 Å². The molecule has 23 heavy (non-hydrogen) atoms. The van der Waals surface area contributed by atoms with Gasteiger partial charge in [-0.3, -0.25) is 9.69 Å². The maximum Gasteiger partial charge on any atom is 0.220 e. The molecule has 1 aromatic carbocycles. The highest BCUT2D eigenvalue weighted by atomic mass is 16.5. The Bertz CT molecular complexity index is 482. The highest BCUT2D eigenvalue weighted by Crippen LogP contribution is 2.23. The average molecular weight is 319 g/mol. The van der Waals surface area contributed by atoms with E-state index in [1.54, 1.807) is 0 Å². The fourth-order valence-electron chi connectivity index (χ4n) is 2.87. The van der Waals surface area contributed by atoms with Gasteiger partial charge in [0, 0.05) is 45.8 Å². The fourth-order valence-corrected chi connectivity index (χ4v) is 2.87. The summed E-state index contributed by atoms with van der Waals surface area (Å²) in [7, 11) is 4.08. The van der Waals surface area contributed by atoms with Crippen molar-refractivity contribution in [2.45, 2.75) is 25.8 Å². The fraction of sp³-hybridized carbons (Fsp3) is 0.611. The molecule has 0 saturated carbocycles. The van der Waals surface area contributed by atoms with Gasteiger partial charge in [-0.15, -0.1) is 0 Å². The zero-order valence-corrected chi connectivity index (χ0v) is 14.5. The van der Waals surface area contributed by atoms with Crippen LogP contribution in [0.15, 0.2) is 24.3 Å². The van der Waals surface area contributed by atoms with Crippen LogP contribution in [-0.2, 0) is 9.53 Å². The normalized spacial score (nSPS) is 16.8. The number of carbonyl (C=O) groups is 1. The van der Waals surface area contributed by atoms with Crippen molar-refractivity contribution in [2.24, 2.45) is 0 Å². The molecule has 0 bridgehead atoms. The van der Waals surface area contributed by atoms with Crippen molar-refractivity contribution >= 4 is 11.6 Å². The Morgan fingerprint density at radius 3 is 2.48 bits per heavy atom. The van der Waals surface area contributed by atoms with Crippen LogP contribution in [0.3, 0.4) is 0 Å². The molecule has 1 atom stereocenters. The molecule has 1 aliphatic heterocycles. The van der Waals surface area contributed by atoms with Crippen LogP contribution in [0.25, 0.3) is 0 Å². The molecule has 1 aliphatic rings. The zero-order chi connectivity index (χ0) is 16.7. The largest absolute Gasteiger partial charge is 0.379 e. The standard InChI is InChI=1S/C18H29N3O2/c1-4-5-18(22)19-14-17(21-10-12-23-13-11-21)15-6-8-16(9-7-15)20(2)3/h6-9,17H,4-5,10-14H2,1-3H3,(H,19,22)/t17-/m1/s1. The first-order valence-corrected chi connectivity index (χ1v) is 8.47. The molecule has 5 heteroatoms. The molecular formula is C18H29N3O2. The smallest absolute Gasteiger partial charge is 0.220 e. The number of carbonyl (C=O) groups excluding carboxylic acids is 1. The molecule has 0 aliphatic carbocycles. The second kappa shape index (κ2) is 8.89. The van der Waals surface area contributed by atoms with E-state index in [9.17, 15) is 4.79 Å². The van der Waals surface area contributed by atoms with E-state index in [-0.39, 0.29) is 11.9 Å². The first-order chi connectivity index (χ1) is 11.1. The van der Waals surface area contributed by atoms with Gasteiger partial charge in [-0.25, -0.2) is 0 Å². The quantitative estimate of drug-likeness (QED) is 0.835. The molecule has 2 rings (SSSR count). The van der Waals surface area contributed by atoms with Gasteiger partial charge in [0.25, 0.3) is 0 Å². The molecule has 0 radical (unpaired) electrons. The Balaban J connectivity index is 2.09. The van der Waals surface area contributed by atoms with Gasteiger partial charge in [0.05, 0.1) is 19.3 Å². The SMILES string of the molecule is CCCC(=O)NC[C@H](c1ccc(N(C)C)cc1)N1CCOCC1. The van der Waals surface area contributed by atoms with Crippen LogP contribution in [0.2, 0.25) is 0 Å². The highest BCUT2D eigenvalue weighted by Gasteiger charge is 2.23. The maximum atomic E-state index is 11.8. The summed E-state index contributed by atoms with van der Waals surface area (Å²) in [4.78, 5) is 16.3. The molecule has 1 amide bonds. The van der Waals surface area contributed by atoms with Gasteiger partial charge < -0.3 is 15.0 Å². The van der Waals surface area contributed by atoms with Crippen molar-refractivity contribution < 1.29 is 9.53 Å². The summed E-state index contributed by atoms with van der Waals surface area (Å²) in [5, 5.41) is 3.08. The first kappa shape index (κ1) is 17.8. The molecule has 1 fully saturated rings. The summed E-state index contributed by atoms with van der Waals surface area (Å²) in [5.41, 5.74) is 2.43. The van der Waals surface area contributed by atoms with Gasteiger partial charge in [0.15, 0.2) is 0 Å². The van der Waals surface area contributed by atoms with Gasteiger partial charge >= 0.3 is 0 Å². The third kappa shape index (κ3) is 5.22. The second-order valence-electron chi connectivity index (χ2n) is 6.20. The number of ether oxygens (including phenoxy) is 1. The predicted molar refractivity (Wildman–Crippen MR) is 93.8 cm³/mol. The third-order valence-electron chi connectivity index (χ3n) is 4.25. The number of anilines is 1. The lowest BCUT2D eigenvalue weighted by molar-refractivity contribution is -0.121. The number of nitrogens with one attached hydrogen (secondary N) is 1. The van der Waals surface area contributed by atoms with Crippen molar-refractivity contribution in [3.05, 3.63) is 29.8 Å². The van der Waals surface area contributed by atoms with Crippen LogP contribution in [0.1, 0.15) is 31.4 Å². The summed E-state index contributed by atoms with van der Waals surface area (Å²) in [6.07, 6.45) is 1.47. The van der Waals surface area contributed by atoms with Crippen molar-refractivity contribution in [1.82, 2.24) is 10.2 Å². The summed E-state index contributed by atoms with van der Waals surface area (Å²) in [6, 6.07) is 8.81. The van der Waals surface area contributed by atoms with E-state index in [1.165, 1.54) is 11.3 Å². The topological polar surface area (TPSA) is 44.8 Å². The van der Waals surface area contributed by atoms with Crippen molar-refractivity contribution in [1.29, 1.82) is 0 Å². The minimum absolute atomic E-state index is 0.135. The lowest BCUT2D eigenvalue weighted by Crippen LogP contribution is -2.43. The Labute approximate surface area is 139 Å². The predicted octanol–water partition coefficient (Wildman–Crippen LogP) is 2.04. The number of morpholine rings is 1. The second-order valence-corrected chi connectivity index (χ2v) is 6.20. The van der Waals surface area contributed by atoms with Gasteiger partial charge in [0.2, 0.25) is 5.91 Å². The van der Waals surface area contributed by atoms with Crippen LogP contribution in [0, 0.1) is 0 Å². The van der Waals surface area contributed by atoms with Gasteiger partial charge in [-0.05, 0) is 24.1 Å². The van der Waals surface area contributed by atoms with E-state index in [2.05, 4.69) is 39.4 Å². The molecule has 1 heterocycles. The van der Waals surface area contributed by atoms with Crippen LogP contribution in [0.4, 0.5) is 5.69 Å². The summed E-state index contributed by atoms with van der Waals surface area (Å²) in [6.45, 7) is 6.01. The van der Waals surface area contributed by atoms with Crippen LogP contribution in [-0.4, -0.2) is 57.8 Å². The zero-order valence-electron chi connectivity index (χ0n) is 14.5. The van der Waals surface area contributed by atoms with Crippen LogP contribution >= 0.6 is 0 Å². The molecule has 0 spiro atoms. The van der Waals surface area contributed by atoms with E-state index in [4.69, 9.17) is 4.74 Å². The number of benzene rings is 1. The average Bonchev–Trinajstić information content (AvgIpc) is 2.57. The molecule has 0 unspecified atom stereocenters. The molecule has 5 nitrogen and oxygen atoms in total. The Morgan fingerprint density at radius 1 is 1.26 bits per heavy atom. The number of amides is 1. The molecular weight excluding hydrogens is 290 g/mol. The van der Waals surface area contributed by atoms with E-state index in [0.29, 0.717) is 13.0 Å². The molecule has 1 aromatic rings. The monoisotopic (exact) mass is 319 g/mol. The number of rotatable bonds is 7. The number of nitrogens with zero attached hydrogens (tertiary/aromatic N) is 2. The Hall–Kier alpha value is -1.59. The summed E-state index contributed by atoms with van der Waals surface area (Å²) in [5.74, 6) is 0.135. The van der Waals surface area contributed by atoms with E-state index in [0.717, 1.165) is 32.7 Å². The van der Waals surface area contributed by atoms with Crippen molar-refractivity contribution in [3.63, 3.8) is 0 Å². The lowest BCUT2D eigenvalue weighted by Gasteiger charge is -2.35. The third-order valence-corrected chi connectivity index (χ3v) is 4.25. The van der Waals surface area contributed by atoms with Gasteiger partial charge in [0.1, 0.15) is 0 Å². The first-order valence-electron chi connectivity index (χ1n) is 8.47. The van der Waals surface area contributed by atoms with Gasteiger partial charge in [-0.1, -0.05) is 19.1 Å². The van der Waals surface area contributed by atoms with E-state index in [1.807, 2.05) is 21.0 Å². The molecule has 1 saturated heterocycles. The minimum atomic E-state index is 0.135. The van der Waals surface area contributed by atoms with Gasteiger partial charge in [-0.2, -0.15) is 0 Å². The number of hydrogen-bond donors (Lipinski definition) is 1. The summed E-state index contributed by atoms with van der Waals surface area (Å²) >= 11 is 0. The minimum Gasteiger partial charge on any atom is -0.379 e. The lowest BCUT2D eigenvalue weighted by atomic mass is 10.0. The maximum absolute atomic E-state index is 11.8. The molecule has 1 N–H and O–H groups in total. The summed E-state index contributed by atoms with van der Waals surface area (Å²) < 4.78 is 5.46. The molecule has 128 valence electrons.